The largest absolute Gasteiger partial charge is 0.484 e. The minimum Gasteiger partial charge on any atom is -0.484 e. The Kier molecular flexibility index (Phi) is 6.59. The van der Waals surface area contributed by atoms with Crippen LogP contribution < -0.4 is 10.1 Å². The Morgan fingerprint density at radius 3 is 2.50 bits per heavy atom. The van der Waals surface area contributed by atoms with Crippen molar-refractivity contribution in [1.29, 1.82) is 5.26 Å². The van der Waals surface area contributed by atoms with Gasteiger partial charge in [0.15, 0.2) is 6.61 Å². The number of carbonyl (C=O) groups excluding carboxylic acids is 1. The monoisotopic (exact) mass is 422 g/mol. The first-order valence-electron chi connectivity index (χ1n) is 10.3. The zero-order valence-electron chi connectivity index (χ0n) is 17.4. The minimum atomic E-state index is -0.210. The highest BCUT2D eigenvalue weighted by atomic mass is 16.5. The summed E-state index contributed by atoms with van der Waals surface area (Å²) >= 11 is 0. The van der Waals surface area contributed by atoms with Crippen LogP contribution in [0.3, 0.4) is 0 Å². The van der Waals surface area contributed by atoms with Gasteiger partial charge in [-0.1, -0.05) is 48.5 Å². The van der Waals surface area contributed by atoms with E-state index in [0.29, 0.717) is 17.9 Å². The third kappa shape index (κ3) is 5.41. The van der Waals surface area contributed by atoms with E-state index in [0.717, 1.165) is 23.2 Å². The van der Waals surface area contributed by atoms with Crippen molar-refractivity contribution >= 4 is 5.91 Å². The van der Waals surface area contributed by atoms with Gasteiger partial charge in [-0.2, -0.15) is 10.4 Å². The lowest BCUT2D eigenvalue weighted by atomic mass is 9.98. The van der Waals surface area contributed by atoms with Gasteiger partial charge < -0.3 is 10.1 Å². The van der Waals surface area contributed by atoms with E-state index in [-0.39, 0.29) is 12.5 Å². The Labute approximate surface area is 186 Å². The van der Waals surface area contributed by atoms with Gasteiger partial charge in [0.1, 0.15) is 5.75 Å². The summed E-state index contributed by atoms with van der Waals surface area (Å²) in [5, 5.41) is 16.0. The zero-order chi connectivity index (χ0) is 22.2. The fraction of sp³-hybridized carbons (Fsp3) is 0.115. The van der Waals surface area contributed by atoms with E-state index >= 15 is 0 Å². The van der Waals surface area contributed by atoms with Crippen molar-refractivity contribution in [1.82, 2.24) is 15.1 Å². The third-order valence-corrected chi connectivity index (χ3v) is 5.02. The molecular formula is C26H22N4O2. The van der Waals surface area contributed by atoms with E-state index < -0.39 is 0 Å². The summed E-state index contributed by atoms with van der Waals surface area (Å²) in [6.45, 7) is 1.04. The molecule has 0 aliphatic rings. The second-order valence-electron chi connectivity index (χ2n) is 7.26. The van der Waals surface area contributed by atoms with E-state index in [1.807, 2.05) is 35.1 Å². The summed E-state index contributed by atoms with van der Waals surface area (Å²) in [5.41, 5.74) is 4.91. The Morgan fingerprint density at radius 2 is 1.78 bits per heavy atom. The van der Waals surface area contributed by atoms with E-state index in [9.17, 15) is 4.79 Å². The highest BCUT2D eigenvalue weighted by molar-refractivity contribution is 5.78. The molecule has 1 amide bonds. The fourth-order valence-electron chi connectivity index (χ4n) is 3.35. The van der Waals surface area contributed by atoms with Gasteiger partial charge in [-0.05, 0) is 52.6 Å². The van der Waals surface area contributed by atoms with Crippen LogP contribution in [0.2, 0.25) is 0 Å². The van der Waals surface area contributed by atoms with Crippen LogP contribution in [0.4, 0.5) is 0 Å². The summed E-state index contributed by atoms with van der Waals surface area (Å²) in [4.78, 5) is 12.3. The molecule has 32 heavy (non-hydrogen) atoms. The molecule has 3 aromatic carbocycles. The van der Waals surface area contributed by atoms with Gasteiger partial charge in [0, 0.05) is 18.9 Å². The Hall–Kier alpha value is -4.37. The molecular weight excluding hydrogens is 400 g/mol. The molecule has 6 heteroatoms. The lowest BCUT2D eigenvalue weighted by Crippen LogP contribution is -2.28. The molecule has 0 unspecified atom stereocenters. The van der Waals surface area contributed by atoms with Crippen LogP contribution in [0.1, 0.15) is 16.7 Å². The van der Waals surface area contributed by atoms with Crippen molar-refractivity contribution in [3.8, 4) is 22.9 Å². The van der Waals surface area contributed by atoms with Gasteiger partial charge in [-0.15, -0.1) is 0 Å². The van der Waals surface area contributed by atoms with Crippen molar-refractivity contribution in [2.45, 2.75) is 13.1 Å². The van der Waals surface area contributed by atoms with Crippen molar-refractivity contribution in [2.24, 2.45) is 0 Å². The molecule has 0 saturated heterocycles. The summed E-state index contributed by atoms with van der Waals surface area (Å²) in [6, 6.07) is 27.0. The van der Waals surface area contributed by atoms with Crippen LogP contribution in [0.5, 0.6) is 5.75 Å². The number of rotatable bonds is 8. The molecule has 0 spiro atoms. The van der Waals surface area contributed by atoms with Gasteiger partial charge in [0.05, 0.1) is 18.2 Å². The second-order valence-corrected chi connectivity index (χ2v) is 7.26. The highest BCUT2D eigenvalue weighted by Gasteiger charge is 2.08. The molecule has 158 valence electrons. The number of amides is 1. The van der Waals surface area contributed by atoms with Crippen LogP contribution in [-0.4, -0.2) is 22.3 Å². The van der Waals surface area contributed by atoms with Crippen molar-refractivity contribution in [3.63, 3.8) is 0 Å². The van der Waals surface area contributed by atoms with Gasteiger partial charge in [-0.3, -0.25) is 9.48 Å². The molecule has 0 fully saturated rings. The molecule has 1 heterocycles. The molecule has 0 atom stereocenters. The number of nitrogens with zero attached hydrogens (tertiary/aromatic N) is 3. The molecule has 1 aromatic heterocycles. The van der Waals surface area contributed by atoms with Crippen LogP contribution in [-0.2, 0) is 17.9 Å². The molecule has 0 bridgehead atoms. The quantitative estimate of drug-likeness (QED) is 0.462. The number of aromatic nitrogens is 2. The van der Waals surface area contributed by atoms with E-state index in [2.05, 4.69) is 46.8 Å². The topological polar surface area (TPSA) is 79.9 Å². The molecule has 0 aliphatic carbocycles. The maximum atomic E-state index is 12.3. The first kappa shape index (κ1) is 20.9. The van der Waals surface area contributed by atoms with Crippen LogP contribution >= 0.6 is 0 Å². The molecule has 1 N–H and O–H groups in total. The zero-order valence-corrected chi connectivity index (χ0v) is 17.4. The predicted octanol–water partition coefficient (Wildman–Crippen LogP) is 4.17. The molecule has 4 rings (SSSR count). The lowest BCUT2D eigenvalue weighted by Gasteiger charge is -2.12. The van der Waals surface area contributed by atoms with Crippen LogP contribution in [0.25, 0.3) is 11.1 Å². The Morgan fingerprint density at radius 1 is 1.00 bits per heavy atom. The maximum absolute atomic E-state index is 12.3. The summed E-state index contributed by atoms with van der Waals surface area (Å²) in [7, 11) is 0. The van der Waals surface area contributed by atoms with Crippen molar-refractivity contribution in [2.75, 3.05) is 6.61 Å². The van der Waals surface area contributed by atoms with Crippen molar-refractivity contribution < 1.29 is 9.53 Å². The number of ether oxygens (including phenoxy) is 1. The predicted molar refractivity (Wildman–Crippen MR) is 122 cm³/mol. The van der Waals surface area contributed by atoms with Crippen molar-refractivity contribution in [3.05, 3.63) is 108 Å². The van der Waals surface area contributed by atoms with E-state index in [1.165, 1.54) is 5.56 Å². The number of hydrogen-bond donors (Lipinski definition) is 1. The SMILES string of the molecule is N#Cc1ccc(OCC(=O)NCc2ccccc2-c2ccc(Cn3cccn3)cc2)cc1. The summed E-state index contributed by atoms with van der Waals surface area (Å²) < 4.78 is 7.39. The maximum Gasteiger partial charge on any atom is 0.258 e. The standard InChI is InChI=1S/C26H22N4O2/c27-16-20-8-12-24(13-9-20)32-19-26(31)28-17-23-4-1-2-5-25(23)22-10-6-21(7-11-22)18-30-15-3-14-29-30/h1-15H,17-19H2,(H,28,31). The Bertz CT molecular complexity index is 1210. The average molecular weight is 422 g/mol. The lowest BCUT2D eigenvalue weighted by molar-refractivity contribution is -0.123. The minimum absolute atomic E-state index is 0.0871. The number of nitriles is 1. The molecule has 6 nitrogen and oxygen atoms in total. The molecule has 0 radical (unpaired) electrons. The second kappa shape index (κ2) is 10.1. The highest BCUT2D eigenvalue weighted by Crippen LogP contribution is 2.24. The third-order valence-electron chi connectivity index (χ3n) is 5.02. The number of benzene rings is 3. The first-order chi connectivity index (χ1) is 15.7. The molecule has 4 aromatic rings. The summed E-state index contributed by atoms with van der Waals surface area (Å²) in [6.07, 6.45) is 3.71. The van der Waals surface area contributed by atoms with Crippen LogP contribution in [0.15, 0.2) is 91.3 Å². The van der Waals surface area contributed by atoms with Gasteiger partial charge in [0.25, 0.3) is 5.91 Å². The number of hydrogen-bond acceptors (Lipinski definition) is 4. The smallest absolute Gasteiger partial charge is 0.258 e. The van der Waals surface area contributed by atoms with Crippen LogP contribution in [0, 0.1) is 11.3 Å². The van der Waals surface area contributed by atoms with E-state index in [4.69, 9.17) is 10.00 Å². The summed E-state index contributed by atoms with van der Waals surface area (Å²) in [5.74, 6) is 0.341. The van der Waals surface area contributed by atoms with E-state index in [1.54, 1.807) is 30.5 Å². The molecule has 0 aliphatic heterocycles. The van der Waals surface area contributed by atoms with Gasteiger partial charge >= 0.3 is 0 Å². The molecule has 0 saturated carbocycles. The Balaban J connectivity index is 1.35. The fourth-order valence-corrected chi connectivity index (χ4v) is 3.35. The number of nitrogens with one attached hydrogen (secondary N) is 1. The van der Waals surface area contributed by atoms with Gasteiger partial charge in [0.2, 0.25) is 0 Å². The van der Waals surface area contributed by atoms with Gasteiger partial charge in [-0.25, -0.2) is 0 Å². The average Bonchev–Trinajstić information content (AvgIpc) is 3.35. The first-order valence-corrected chi connectivity index (χ1v) is 10.3. The normalized spacial score (nSPS) is 10.3. The number of carbonyl (C=O) groups is 1.